The van der Waals surface area contributed by atoms with Crippen LogP contribution in [0.25, 0.3) is 0 Å². The summed E-state index contributed by atoms with van der Waals surface area (Å²) < 4.78 is 10.8. The third-order valence-electron chi connectivity index (χ3n) is 2.50. The molecule has 132 valence electrons. The quantitative estimate of drug-likeness (QED) is 0.457. The van der Waals surface area contributed by atoms with E-state index in [-0.39, 0.29) is 56.4 Å². The first-order chi connectivity index (χ1) is 9.06. The van der Waals surface area contributed by atoms with Crippen LogP contribution in [-0.4, -0.2) is 6.79 Å². The zero-order valence-corrected chi connectivity index (χ0v) is 15.2. The second kappa shape index (κ2) is 11.9. The first kappa shape index (κ1) is 26.3. The largest absolute Gasteiger partial charge is 0.455 e. The number of nitrogens with two attached hydrogens (primary N) is 4. The molecule has 0 bridgehead atoms. The summed E-state index contributed by atoms with van der Waals surface area (Å²) in [7, 11) is 0. The van der Waals surface area contributed by atoms with Gasteiger partial charge in [0.1, 0.15) is 11.5 Å². The van der Waals surface area contributed by atoms with Crippen molar-refractivity contribution in [2.45, 2.75) is 0 Å². The number of halogens is 4. The van der Waals surface area contributed by atoms with Gasteiger partial charge in [-0.3, -0.25) is 0 Å². The van der Waals surface area contributed by atoms with Gasteiger partial charge in [0.15, 0.2) is 0 Å². The number of benzene rings is 2. The minimum absolute atomic E-state index is 0. The van der Waals surface area contributed by atoms with Gasteiger partial charge in [-0.05, 0) is 36.4 Å². The van der Waals surface area contributed by atoms with Crippen molar-refractivity contribution >= 4 is 72.4 Å². The van der Waals surface area contributed by atoms with E-state index in [0.717, 1.165) is 0 Å². The maximum Gasteiger partial charge on any atom is 0.231 e. The van der Waals surface area contributed by atoms with Gasteiger partial charge in [-0.2, -0.15) is 0 Å². The van der Waals surface area contributed by atoms with Crippen molar-refractivity contribution in [3.05, 3.63) is 36.4 Å². The van der Waals surface area contributed by atoms with Gasteiger partial charge < -0.3 is 32.4 Å². The fourth-order valence-electron chi connectivity index (χ4n) is 1.55. The molecule has 2 aromatic carbocycles. The molecule has 6 nitrogen and oxygen atoms in total. The van der Waals surface area contributed by atoms with Crippen molar-refractivity contribution in [2.24, 2.45) is 0 Å². The Bertz CT molecular complexity index is 551. The number of ether oxygens (including phenoxy) is 2. The highest BCUT2D eigenvalue weighted by Crippen LogP contribution is 2.26. The highest BCUT2D eigenvalue weighted by atomic mass is 35.5. The summed E-state index contributed by atoms with van der Waals surface area (Å²) in [6, 6.07) is 9.99. The minimum Gasteiger partial charge on any atom is -0.455 e. The molecule has 23 heavy (non-hydrogen) atoms. The van der Waals surface area contributed by atoms with Crippen molar-refractivity contribution in [3.8, 4) is 11.5 Å². The Morgan fingerprint density at radius 3 is 1.26 bits per heavy atom. The molecule has 0 amide bonds. The van der Waals surface area contributed by atoms with E-state index in [4.69, 9.17) is 32.4 Å². The Labute approximate surface area is 159 Å². The highest BCUT2D eigenvalue weighted by molar-refractivity contribution is 5.86. The molecule has 0 spiro atoms. The van der Waals surface area contributed by atoms with E-state index in [0.29, 0.717) is 34.2 Å². The molecule has 10 heteroatoms. The summed E-state index contributed by atoms with van der Waals surface area (Å²) in [5.74, 6) is 1.01. The topological polar surface area (TPSA) is 123 Å². The molecular weight excluding hydrogens is 386 g/mol. The molecule has 0 aromatic heterocycles. The van der Waals surface area contributed by atoms with Crippen LogP contribution in [0.4, 0.5) is 22.7 Å². The van der Waals surface area contributed by atoms with E-state index >= 15 is 0 Å². The summed E-state index contributed by atoms with van der Waals surface area (Å²) in [5, 5.41) is 0. The Morgan fingerprint density at radius 2 is 0.957 bits per heavy atom. The Balaban J connectivity index is -0.000001000. The normalized spacial score (nSPS) is 8.35. The first-order valence-electron chi connectivity index (χ1n) is 5.62. The monoisotopic (exact) mass is 404 g/mol. The lowest BCUT2D eigenvalue weighted by atomic mass is 10.2. The number of hydrogen-bond acceptors (Lipinski definition) is 6. The van der Waals surface area contributed by atoms with Crippen molar-refractivity contribution in [2.75, 3.05) is 29.7 Å². The molecule has 0 saturated carbocycles. The number of rotatable bonds is 4. The van der Waals surface area contributed by atoms with Gasteiger partial charge >= 0.3 is 0 Å². The van der Waals surface area contributed by atoms with Crippen LogP contribution in [0, 0.1) is 0 Å². The van der Waals surface area contributed by atoms with Gasteiger partial charge in [-0.1, -0.05) is 0 Å². The van der Waals surface area contributed by atoms with E-state index < -0.39 is 0 Å². The van der Waals surface area contributed by atoms with Crippen LogP contribution < -0.4 is 32.4 Å². The minimum atomic E-state index is -0.0117. The van der Waals surface area contributed by atoms with Crippen molar-refractivity contribution in [3.63, 3.8) is 0 Å². The second-order valence-electron chi connectivity index (χ2n) is 4.00. The molecule has 2 rings (SSSR count). The predicted molar refractivity (Wildman–Crippen MR) is 106 cm³/mol. The summed E-state index contributed by atoms with van der Waals surface area (Å²) in [4.78, 5) is 0. The van der Waals surface area contributed by atoms with Gasteiger partial charge in [-0.15, -0.1) is 49.6 Å². The van der Waals surface area contributed by atoms with E-state index in [2.05, 4.69) is 0 Å². The predicted octanol–water partition coefficient (Wildman–Crippen LogP) is 3.12. The number of nitrogen functional groups attached to an aromatic ring is 4. The van der Waals surface area contributed by atoms with Gasteiger partial charge in [-0.25, -0.2) is 0 Å². The molecule has 0 unspecified atom stereocenters. The lowest BCUT2D eigenvalue weighted by Crippen LogP contribution is -2.08. The Hall–Kier alpha value is -1.60. The van der Waals surface area contributed by atoms with Crippen LogP contribution in [0.3, 0.4) is 0 Å². The smallest absolute Gasteiger partial charge is 0.231 e. The van der Waals surface area contributed by atoms with Crippen molar-refractivity contribution < 1.29 is 9.47 Å². The summed E-state index contributed by atoms with van der Waals surface area (Å²) in [5.41, 5.74) is 24.7. The molecule has 8 N–H and O–H groups in total. The van der Waals surface area contributed by atoms with Crippen LogP contribution in [0.5, 0.6) is 11.5 Å². The van der Waals surface area contributed by atoms with Crippen molar-refractivity contribution in [1.29, 1.82) is 0 Å². The second-order valence-corrected chi connectivity index (χ2v) is 4.00. The lowest BCUT2D eigenvalue weighted by molar-refractivity contribution is 0.121. The summed E-state index contributed by atoms with van der Waals surface area (Å²) in [6.45, 7) is -0.0117. The maximum absolute atomic E-state index is 5.75. The first-order valence-corrected chi connectivity index (χ1v) is 5.62. The van der Waals surface area contributed by atoms with Crippen LogP contribution in [0.15, 0.2) is 36.4 Å². The summed E-state index contributed by atoms with van der Waals surface area (Å²) >= 11 is 0. The van der Waals surface area contributed by atoms with E-state index in [9.17, 15) is 0 Å². The van der Waals surface area contributed by atoms with E-state index in [1.807, 2.05) is 0 Å². The van der Waals surface area contributed by atoms with E-state index in [1.54, 1.807) is 36.4 Å². The average molecular weight is 406 g/mol. The molecular formula is C13H20Cl4N4O2. The molecule has 0 fully saturated rings. The molecule has 0 saturated heterocycles. The molecule has 0 aliphatic rings. The SMILES string of the molecule is Cl.Cl.Cl.Cl.Nc1ccc(OCOc2ccc(N)cc2N)c(N)c1. The molecule has 0 heterocycles. The zero-order valence-electron chi connectivity index (χ0n) is 11.9. The molecule has 0 aliphatic heterocycles. The Kier molecular flexibility index (Phi) is 13.6. The van der Waals surface area contributed by atoms with Gasteiger partial charge in [0.25, 0.3) is 0 Å². The standard InChI is InChI=1S/C13H16N4O2.4ClH/c14-8-1-3-12(10(16)5-8)18-7-19-13-4-2-9(15)6-11(13)17;;;;/h1-6H,7,14-17H2;4*1H. The van der Waals surface area contributed by atoms with Gasteiger partial charge in [0.2, 0.25) is 6.79 Å². The number of anilines is 4. The fraction of sp³-hybridized carbons (Fsp3) is 0.0769. The van der Waals surface area contributed by atoms with Gasteiger partial charge in [0.05, 0.1) is 11.4 Å². The van der Waals surface area contributed by atoms with Crippen LogP contribution in [0.1, 0.15) is 0 Å². The molecule has 2 aromatic rings. The van der Waals surface area contributed by atoms with Crippen molar-refractivity contribution in [1.82, 2.24) is 0 Å². The van der Waals surface area contributed by atoms with E-state index in [1.165, 1.54) is 0 Å². The van der Waals surface area contributed by atoms with Gasteiger partial charge in [0, 0.05) is 11.4 Å². The zero-order chi connectivity index (χ0) is 13.8. The molecule has 0 aliphatic carbocycles. The highest BCUT2D eigenvalue weighted by Gasteiger charge is 2.03. The Morgan fingerprint density at radius 1 is 0.609 bits per heavy atom. The number of hydrogen-bond donors (Lipinski definition) is 4. The third kappa shape index (κ3) is 7.47. The fourth-order valence-corrected chi connectivity index (χ4v) is 1.55. The lowest BCUT2D eigenvalue weighted by Gasteiger charge is -2.12. The molecule has 0 radical (unpaired) electrons. The van der Waals surface area contributed by atoms with Crippen LogP contribution >= 0.6 is 49.6 Å². The molecule has 0 atom stereocenters. The maximum atomic E-state index is 5.75. The van der Waals surface area contributed by atoms with Crippen LogP contribution in [0.2, 0.25) is 0 Å². The third-order valence-corrected chi connectivity index (χ3v) is 2.50. The van der Waals surface area contributed by atoms with Crippen LogP contribution in [-0.2, 0) is 0 Å². The average Bonchev–Trinajstić information content (AvgIpc) is 2.34. The summed E-state index contributed by atoms with van der Waals surface area (Å²) in [6.07, 6.45) is 0.